The van der Waals surface area contributed by atoms with E-state index in [1.165, 1.54) is 0 Å². The van der Waals surface area contributed by atoms with E-state index in [1.807, 2.05) is 24.3 Å². The Kier molecular flexibility index (Phi) is 5.31. The first-order valence-corrected chi connectivity index (χ1v) is 8.57. The molecule has 3 rings (SSSR count). The van der Waals surface area contributed by atoms with Gasteiger partial charge < -0.3 is 16.0 Å². The van der Waals surface area contributed by atoms with Crippen LogP contribution in [0.5, 0.6) is 0 Å². The molecule has 0 aromatic heterocycles. The Labute approximate surface area is 152 Å². The maximum atomic E-state index is 12.2. The van der Waals surface area contributed by atoms with E-state index in [0.29, 0.717) is 24.1 Å². The Balaban J connectivity index is 1.56. The second kappa shape index (κ2) is 7.82. The van der Waals surface area contributed by atoms with Gasteiger partial charge in [-0.1, -0.05) is 24.3 Å². The number of carbonyl (C=O) groups excluding carboxylic acids is 3. The van der Waals surface area contributed by atoms with Gasteiger partial charge in [0.1, 0.15) is 0 Å². The van der Waals surface area contributed by atoms with E-state index >= 15 is 0 Å². The van der Waals surface area contributed by atoms with Gasteiger partial charge in [-0.25, -0.2) is 0 Å². The van der Waals surface area contributed by atoms with Crippen molar-refractivity contribution in [3.63, 3.8) is 0 Å². The van der Waals surface area contributed by atoms with Crippen molar-refractivity contribution in [3.05, 3.63) is 59.7 Å². The molecule has 0 spiro atoms. The van der Waals surface area contributed by atoms with Crippen molar-refractivity contribution in [1.29, 1.82) is 0 Å². The third-order valence-electron chi connectivity index (χ3n) is 4.47. The zero-order valence-electron chi connectivity index (χ0n) is 14.5. The summed E-state index contributed by atoms with van der Waals surface area (Å²) in [6.45, 7) is 0. The van der Waals surface area contributed by atoms with Crippen LogP contribution in [0.2, 0.25) is 0 Å². The molecule has 0 saturated carbocycles. The summed E-state index contributed by atoms with van der Waals surface area (Å²) in [6.07, 6.45) is 1.35. The minimum Gasteiger partial charge on any atom is -0.355 e. The fourth-order valence-corrected chi connectivity index (χ4v) is 3.06. The van der Waals surface area contributed by atoms with Crippen LogP contribution in [0.4, 0.5) is 11.4 Å². The monoisotopic (exact) mass is 351 g/mol. The maximum absolute atomic E-state index is 12.2. The van der Waals surface area contributed by atoms with E-state index in [0.717, 1.165) is 11.3 Å². The highest BCUT2D eigenvalue weighted by molar-refractivity contribution is 5.98. The fourth-order valence-electron chi connectivity index (χ4n) is 3.06. The molecule has 0 saturated heterocycles. The number of anilines is 2. The van der Waals surface area contributed by atoms with Crippen LogP contribution in [0.3, 0.4) is 0 Å². The topological polar surface area (TPSA) is 87.3 Å². The predicted octanol–water partition coefficient (Wildman–Crippen LogP) is 2.58. The first kappa shape index (κ1) is 17.7. The second-order valence-corrected chi connectivity index (χ2v) is 6.29. The highest BCUT2D eigenvalue weighted by Gasteiger charge is 2.26. The van der Waals surface area contributed by atoms with Crippen LogP contribution in [0, 0.1) is 5.92 Å². The van der Waals surface area contributed by atoms with Gasteiger partial charge in [0, 0.05) is 36.3 Å². The van der Waals surface area contributed by atoms with E-state index in [1.54, 1.807) is 31.3 Å². The van der Waals surface area contributed by atoms with Crippen LogP contribution < -0.4 is 16.0 Å². The van der Waals surface area contributed by atoms with Crippen molar-refractivity contribution in [2.24, 2.45) is 5.92 Å². The molecule has 134 valence electrons. The zero-order chi connectivity index (χ0) is 18.5. The van der Waals surface area contributed by atoms with Crippen molar-refractivity contribution in [3.8, 4) is 0 Å². The van der Waals surface area contributed by atoms with Gasteiger partial charge in [-0.3, -0.25) is 14.4 Å². The summed E-state index contributed by atoms with van der Waals surface area (Å²) in [5, 5.41) is 8.23. The highest BCUT2D eigenvalue weighted by Crippen LogP contribution is 2.27. The summed E-state index contributed by atoms with van der Waals surface area (Å²) in [7, 11) is 1.56. The number of hydrogen-bond acceptors (Lipinski definition) is 3. The fraction of sp³-hybridized carbons (Fsp3) is 0.250. The molecule has 1 heterocycles. The minimum atomic E-state index is -0.215. The summed E-state index contributed by atoms with van der Waals surface area (Å²) in [6, 6.07) is 14.5. The van der Waals surface area contributed by atoms with E-state index in [-0.39, 0.29) is 30.1 Å². The predicted molar refractivity (Wildman–Crippen MR) is 100.0 cm³/mol. The van der Waals surface area contributed by atoms with Crippen molar-refractivity contribution in [2.75, 3.05) is 17.7 Å². The number of amides is 3. The summed E-state index contributed by atoms with van der Waals surface area (Å²) < 4.78 is 0. The van der Waals surface area contributed by atoms with Gasteiger partial charge in [0.25, 0.3) is 5.91 Å². The van der Waals surface area contributed by atoms with Gasteiger partial charge in [-0.2, -0.15) is 0 Å². The van der Waals surface area contributed by atoms with Crippen LogP contribution in [-0.2, 0) is 16.0 Å². The third kappa shape index (κ3) is 4.08. The average molecular weight is 351 g/mol. The number of hydrogen-bond donors (Lipinski definition) is 3. The molecule has 6 heteroatoms. The molecule has 3 N–H and O–H groups in total. The van der Waals surface area contributed by atoms with Crippen molar-refractivity contribution >= 4 is 29.1 Å². The maximum Gasteiger partial charge on any atom is 0.251 e. The normalized spacial score (nSPS) is 15.6. The molecule has 2 aromatic carbocycles. The van der Waals surface area contributed by atoms with Gasteiger partial charge in [-0.05, 0) is 42.7 Å². The van der Waals surface area contributed by atoms with Crippen LogP contribution in [-0.4, -0.2) is 24.8 Å². The summed E-state index contributed by atoms with van der Waals surface area (Å²) in [5.41, 5.74) is 2.99. The molecule has 1 aliphatic rings. The van der Waals surface area contributed by atoms with E-state index in [9.17, 15) is 14.4 Å². The lowest BCUT2D eigenvalue weighted by molar-refractivity contribution is -0.121. The van der Waals surface area contributed by atoms with Crippen molar-refractivity contribution in [1.82, 2.24) is 5.32 Å². The molecule has 1 atom stereocenters. The van der Waals surface area contributed by atoms with E-state index in [4.69, 9.17) is 0 Å². The Morgan fingerprint density at radius 2 is 1.96 bits per heavy atom. The summed E-state index contributed by atoms with van der Waals surface area (Å²) in [4.78, 5) is 36.1. The van der Waals surface area contributed by atoms with Gasteiger partial charge in [0.05, 0.1) is 0 Å². The second-order valence-electron chi connectivity index (χ2n) is 6.29. The third-order valence-corrected chi connectivity index (χ3v) is 4.47. The number of benzene rings is 2. The lowest BCUT2D eigenvalue weighted by Gasteiger charge is -2.24. The quantitative estimate of drug-likeness (QED) is 0.774. The Hall–Kier alpha value is -3.15. The summed E-state index contributed by atoms with van der Waals surface area (Å²) >= 11 is 0. The molecular formula is C20H21N3O3. The standard InChI is InChI=1S/C20H21N3O3/c1-21-19(25)14-6-4-7-16(12-14)22-18(24)10-9-15-11-13-5-2-3-8-17(13)23-20(15)26/h2-8,12,15H,9-11H2,1H3,(H,21,25)(H,22,24)(H,23,26). The van der Waals surface area contributed by atoms with Gasteiger partial charge in [0.15, 0.2) is 0 Å². The van der Waals surface area contributed by atoms with Crippen LogP contribution in [0.1, 0.15) is 28.8 Å². The molecule has 1 aliphatic heterocycles. The summed E-state index contributed by atoms with van der Waals surface area (Å²) in [5.74, 6) is -0.643. The molecule has 0 aliphatic carbocycles. The molecule has 2 aromatic rings. The van der Waals surface area contributed by atoms with Gasteiger partial charge in [-0.15, -0.1) is 0 Å². The largest absolute Gasteiger partial charge is 0.355 e. The van der Waals surface area contributed by atoms with Gasteiger partial charge in [0.2, 0.25) is 11.8 Å². The Morgan fingerprint density at radius 1 is 1.15 bits per heavy atom. The minimum absolute atomic E-state index is 0.0434. The SMILES string of the molecule is CNC(=O)c1cccc(NC(=O)CCC2Cc3ccccc3NC2=O)c1. The smallest absolute Gasteiger partial charge is 0.251 e. The van der Waals surface area contributed by atoms with Crippen molar-refractivity contribution < 1.29 is 14.4 Å². The molecule has 0 bridgehead atoms. The van der Waals surface area contributed by atoms with Crippen LogP contribution >= 0.6 is 0 Å². The first-order valence-electron chi connectivity index (χ1n) is 8.57. The number of nitrogens with one attached hydrogen (secondary N) is 3. The Morgan fingerprint density at radius 3 is 2.77 bits per heavy atom. The van der Waals surface area contributed by atoms with Crippen LogP contribution in [0.25, 0.3) is 0 Å². The number of fused-ring (bicyclic) bond motifs is 1. The first-order chi connectivity index (χ1) is 12.6. The molecular weight excluding hydrogens is 330 g/mol. The molecule has 0 fully saturated rings. The molecule has 6 nitrogen and oxygen atoms in total. The van der Waals surface area contributed by atoms with Crippen LogP contribution in [0.15, 0.2) is 48.5 Å². The number of carbonyl (C=O) groups is 3. The van der Waals surface area contributed by atoms with Gasteiger partial charge >= 0.3 is 0 Å². The average Bonchev–Trinajstić information content (AvgIpc) is 2.66. The number of rotatable bonds is 5. The number of para-hydroxylation sites is 1. The lowest BCUT2D eigenvalue weighted by atomic mass is 9.89. The lowest BCUT2D eigenvalue weighted by Crippen LogP contribution is -2.30. The molecule has 3 amide bonds. The zero-order valence-corrected chi connectivity index (χ0v) is 14.5. The van der Waals surface area contributed by atoms with Crippen molar-refractivity contribution in [2.45, 2.75) is 19.3 Å². The van der Waals surface area contributed by atoms with E-state index < -0.39 is 0 Å². The molecule has 1 unspecified atom stereocenters. The van der Waals surface area contributed by atoms with E-state index in [2.05, 4.69) is 16.0 Å². The Bertz CT molecular complexity index is 848. The molecule has 26 heavy (non-hydrogen) atoms. The highest BCUT2D eigenvalue weighted by atomic mass is 16.2. The molecule has 0 radical (unpaired) electrons.